The average molecular weight is 289 g/mol. The summed E-state index contributed by atoms with van der Waals surface area (Å²) in [6.07, 6.45) is 1.18. The van der Waals surface area contributed by atoms with Crippen LogP contribution in [0.4, 0.5) is 5.95 Å². The molecule has 3 rings (SSSR count). The number of nitrogens with one attached hydrogen (secondary N) is 1. The van der Waals surface area contributed by atoms with Crippen LogP contribution in [0.3, 0.4) is 0 Å². The number of H-pyrrole nitrogens is 1. The largest absolute Gasteiger partial charge is 0.481 e. The van der Waals surface area contributed by atoms with Crippen molar-refractivity contribution in [1.29, 1.82) is 0 Å². The van der Waals surface area contributed by atoms with E-state index in [0.717, 1.165) is 0 Å². The highest BCUT2D eigenvalue weighted by atomic mass is 16.4. The van der Waals surface area contributed by atoms with E-state index in [-0.39, 0.29) is 11.5 Å². The van der Waals surface area contributed by atoms with Gasteiger partial charge < -0.3 is 20.1 Å². The second-order valence-corrected chi connectivity index (χ2v) is 5.20. The molecule has 0 saturated carbocycles. The van der Waals surface area contributed by atoms with Crippen molar-refractivity contribution < 1.29 is 19.8 Å². The SMILES string of the molecule is O=C(O)c1ccc2nc(N3CCC(C(=O)O)CC3)[nH]c2c1. The molecule has 21 heavy (non-hydrogen) atoms. The maximum atomic E-state index is 11.0. The molecule has 1 aromatic carbocycles. The van der Waals surface area contributed by atoms with Gasteiger partial charge in [-0.3, -0.25) is 4.79 Å². The Bertz CT molecular complexity index is 701. The van der Waals surface area contributed by atoms with Gasteiger partial charge in [-0.2, -0.15) is 0 Å². The van der Waals surface area contributed by atoms with Crippen LogP contribution in [0, 0.1) is 5.92 Å². The number of fused-ring (bicyclic) bond motifs is 1. The fourth-order valence-corrected chi connectivity index (χ4v) is 2.62. The highest BCUT2D eigenvalue weighted by Crippen LogP contribution is 2.24. The van der Waals surface area contributed by atoms with Gasteiger partial charge in [0.05, 0.1) is 22.5 Å². The van der Waals surface area contributed by atoms with E-state index in [1.54, 1.807) is 12.1 Å². The van der Waals surface area contributed by atoms with Gasteiger partial charge in [-0.1, -0.05) is 0 Å². The van der Waals surface area contributed by atoms with Crippen molar-refractivity contribution in [3.05, 3.63) is 23.8 Å². The van der Waals surface area contributed by atoms with Crippen molar-refractivity contribution in [2.45, 2.75) is 12.8 Å². The predicted molar refractivity (Wildman–Crippen MR) is 75.6 cm³/mol. The Morgan fingerprint density at radius 2 is 1.95 bits per heavy atom. The van der Waals surface area contributed by atoms with Gasteiger partial charge in [-0.05, 0) is 31.0 Å². The van der Waals surface area contributed by atoms with Gasteiger partial charge in [0.2, 0.25) is 5.95 Å². The van der Waals surface area contributed by atoms with Gasteiger partial charge >= 0.3 is 11.9 Å². The van der Waals surface area contributed by atoms with E-state index in [9.17, 15) is 9.59 Å². The number of piperidine rings is 1. The molecule has 2 heterocycles. The lowest BCUT2D eigenvalue weighted by atomic mass is 9.97. The number of benzene rings is 1. The number of aromatic carboxylic acids is 1. The number of anilines is 1. The Balaban J connectivity index is 1.82. The zero-order chi connectivity index (χ0) is 15.0. The molecule has 0 atom stereocenters. The van der Waals surface area contributed by atoms with E-state index < -0.39 is 11.9 Å². The van der Waals surface area contributed by atoms with Crippen LogP contribution in [0.1, 0.15) is 23.2 Å². The minimum Gasteiger partial charge on any atom is -0.481 e. The van der Waals surface area contributed by atoms with Crippen LogP contribution < -0.4 is 4.90 Å². The second-order valence-electron chi connectivity index (χ2n) is 5.20. The first-order valence-corrected chi connectivity index (χ1v) is 6.75. The summed E-state index contributed by atoms with van der Waals surface area (Å²) in [5, 5.41) is 18.0. The molecule has 0 bridgehead atoms. The molecule has 0 amide bonds. The molecule has 1 saturated heterocycles. The lowest BCUT2D eigenvalue weighted by Gasteiger charge is -2.29. The Morgan fingerprint density at radius 1 is 1.24 bits per heavy atom. The summed E-state index contributed by atoms with van der Waals surface area (Å²) < 4.78 is 0. The smallest absolute Gasteiger partial charge is 0.335 e. The minimum atomic E-state index is -0.977. The van der Waals surface area contributed by atoms with Gasteiger partial charge in [0.15, 0.2) is 0 Å². The summed E-state index contributed by atoms with van der Waals surface area (Å²) in [7, 11) is 0. The molecule has 0 spiro atoms. The van der Waals surface area contributed by atoms with Crippen LogP contribution in [0.15, 0.2) is 18.2 Å². The number of aromatic amines is 1. The third kappa shape index (κ3) is 2.54. The quantitative estimate of drug-likeness (QED) is 0.791. The Morgan fingerprint density at radius 3 is 2.57 bits per heavy atom. The first-order valence-electron chi connectivity index (χ1n) is 6.75. The molecule has 7 heteroatoms. The lowest BCUT2D eigenvalue weighted by Crippen LogP contribution is -2.36. The number of aromatic nitrogens is 2. The maximum Gasteiger partial charge on any atom is 0.335 e. The molecule has 1 fully saturated rings. The van der Waals surface area contributed by atoms with Gasteiger partial charge in [0, 0.05) is 13.1 Å². The topological polar surface area (TPSA) is 107 Å². The third-order valence-electron chi connectivity index (χ3n) is 3.86. The first kappa shape index (κ1) is 13.4. The highest BCUT2D eigenvalue weighted by molar-refractivity contribution is 5.92. The van der Waals surface area contributed by atoms with Crippen LogP contribution >= 0.6 is 0 Å². The molecule has 0 unspecified atom stereocenters. The number of aliphatic carboxylic acids is 1. The van der Waals surface area contributed by atoms with Gasteiger partial charge in [0.25, 0.3) is 0 Å². The summed E-state index contributed by atoms with van der Waals surface area (Å²) in [5.41, 5.74) is 1.59. The van der Waals surface area contributed by atoms with Crippen LogP contribution in [0.2, 0.25) is 0 Å². The van der Waals surface area contributed by atoms with Crippen molar-refractivity contribution in [3.63, 3.8) is 0 Å². The number of hydrogen-bond donors (Lipinski definition) is 3. The Kier molecular flexibility index (Phi) is 3.25. The monoisotopic (exact) mass is 289 g/mol. The number of imidazole rings is 1. The molecule has 0 aliphatic carbocycles. The molecular formula is C14H15N3O4. The summed E-state index contributed by atoms with van der Waals surface area (Å²) in [6, 6.07) is 4.74. The molecule has 1 aliphatic rings. The molecular weight excluding hydrogens is 274 g/mol. The number of rotatable bonds is 3. The van der Waals surface area contributed by atoms with E-state index >= 15 is 0 Å². The fourth-order valence-electron chi connectivity index (χ4n) is 2.62. The van der Waals surface area contributed by atoms with Gasteiger partial charge in [-0.25, -0.2) is 9.78 Å². The van der Waals surface area contributed by atoms with Crippen LogP contribution in [-0.4, -0.2) is 45.2 Å². The predicted octanol–water partition coefficient (Wildman–Crippen LogP) is 1.56. The van der Waals surface area contributed by atoms with Gasteiger partial charge in [0.1, 0.15) is 0 Å². The van der Waals surface area contributed by atoms with Crippen molar-refractivity contribution in [1.82, 2.24) is 9.97 Å². The maximum absolute atomic E-state index is 11.0. The highest BCUT2D eigenvalue weighted by Gasteiger charge is 2.25. The first-order chi connectivity index (χ1) is 10.0. The van der Waals surface area contributed by atoms with Crippen LogP contribution in [-0.2, 0) is 4.79 Å². The van der Waals surface area contributed by atoms with Gasteiger partial charge in [-0.15, -0.1) is 0 Å². The normalized spacial score (nSPS) is 16.3. The third-order valence-corrected chi connectivity index (χ3v) is 3.86. The van der Waals surface area contributed by atoms with Crippen molar-refractivity contribution >= 4 is 28.9 Å². The standard InChI is InChI=1S/C14H15N3O4/c18-12(19)8-3-5-17(6-4-8)14-15-10-2-1-9(13(20)21)7-11(10)16-14/h1-2,7-8H,3-6H2,(H,15,16)(H,18,19)(H,20,21). The van der Waals surface area contributed by atoms with Crippen molar-refractivity contribution in [2.75, 3.05) is 18.0 Å². The molecule has 7 nitrogen and oxygen atoms in total. The number of carboxylic acid groups (broad SMARTS) is 2. The number of hydrogen-bond acceptors (Lipinski definition) is 4. The molecule has 3 N–H and O–H groups in total. The summed E-state index contributed by atoms with van der Waals surface area (Å²) in [6.45, 7) is 1.26. The van der Waals surface area contributed by atoms with Crippen molar-refractivity contribution in [2.24, 2.45) is 5.92 Å². The van der Waals surface area contributed by atoms with E-state index in [2.05, 4.69) is 9.97 Å². The summed E-state index contributed by atoms with van der Waals surface area (Å²) in [4.78, 5) is 31.4. The van der Waals surface area contributed by atoms with Crippen LogP contribution in [0.5, 0.6) is 0 Å². The zero-order valence-electron chi connectivity index (χ0n) is 11.2. The zero-order valence-corrected chi connectivity index (χ0v) is 11.2. The van der Waals surface area contributed by atoms with E-state index in [1.807, 2.05) is 4.90 Å². The van der Waals surface area contributed by atoms with Crippen LogP contribution in [0.25, 0.3) is 11.0 Å². The van der Waals surface area contributed by atoms with E-state index in [0.29, 0.717) is 42.9 Å². The molecule has 1 aliphatic heterocycles. The minimum absolute atomic E-state index is 0.210. The average Bonchev–Trinajstić information content (AvgIpc) is 2.90. The Hall–Kier alpha value is -2.57. The number of carboxylic acids is 2. The lowest BCUT2D eigenvalue weighted by molar-refractivity contribution is -0.142. The molecule has 2 aromatic rings. The Labute approximate surface area is 120 Å². The van der Waals surface area contributed by atoms with E-state index in [4.69, 9.17) is 10.2 Å². The molecule has 0 radical (unpaired) electrons. The number of nitrogens with zero attached hydrogens (tertiary/aromatic N) is 2. The number of carbonyl (C=O) groups is 2. The van der Waals surface area contributed by atoms with Crippen molar-refractivity contribution in [3.8, 4) is 0 Å². The fraction of sp³-hybridized carbons (Fsp3) is 0.357. The van der Waals surface area contributed by atoms with E-state index in [1.165, 1.54) is 6.07 Å². The second kappa shape index (κ2) is 5.08. The molecule has 1 aromatic heterocycles. The summed E-state index contributed by atoms with van der Waals surface area (Å²) >= 11 is 0. The molecule has 110 valence electrons. The summed E-state index contributed by atoms with van der Waals surface area (Å²) in [5.74, 6) is -1.35.